The Morgan fingerprint density at radius 3 is 2.30 bits per heavy atom. The highest BCUT2D eigenvalue weighted by Gasteiger charge is 2.48. The number of nitro benzene ring substituents is 1. The van der Waals surface area contributed by atoms with Gasteiger partial charge in [0.25, 0.3) is 0 Å². The molecule has 1 heterocycles. The van der Waals surface area contributed by atoms with E-state index in [0.29, 0.717) is 17.6 Å². The summed E-state index contributed by atoms with van der Waals surface area (Å²) in [6.45, 7) is 11.4. The first-order valence-corrected chi connectivity index (χ1v) is 12.1. The highest BCUT2D eigenvalue weighted by molar-refractivity contribution is 5.77. The lowest BCUT2D eigenvalue weighted by Gasteiger charge is -2.42. The molecule has 2 fully saturated rings. The lowest BCUT2D eigenvalue weighted by molar-refractivity contribution is -0.386. The number of aryl methyl sites for hydroxylation is 1. The van der Waals surface area contributed by atoms with Gasteiger partial charge in [0.15, 0.2) is 5.75 Å². The molecule has 1 amide bonds. The fourth-order valence-corrected chi connectivity index (χ4v) is 4.86. The Morgan fingerprint density at radius 2 is 1.79 bits per heavy atom. The third-order valence-electron chi connectivity index (χ3n) is 6.57. The predicted octanol–water partition coefficient (Wildman–Crippen LogP) is 6.27. The van der Waals surface area contributed by atoms with Gasteiger partial charge in [-0.2, -0.15) is 0 Å². The van der Waals surface area contributed by atoms with Gasteiger partial charge in [-0.25, -0.2) is 4.79 Å². The Morgan fingerprint density at radius 1 is 1.15 bits per heavy atom. The monoisotopic (exact) mass is 456 g/mol. The molecule has 2 saturated carbocycles. The Labute approximate surface area is 196 Å². The minimum Gasteiger partial charge on any atom is -0.484 e. The van der Waals surface area contributed by atoms with Crippen LogP contribution >= 0.6 is 0 Å². The molecular weight excluding hydrogens is 420 g/mol. The van der Waals surface area contributed by atoms with Crippen LogP contribution in [-0.2, 0) is 4.74 Å². The molecule has 1 aliphatic heterocycles. The Kier molecular flexibility index (Phi) is 6.18. The number of carbonyl (C=O) groups excluding carboxylic acids is 1. The number of ether oxygens (including phenoxy) is 2. The van der Waals surface area contributed by atoms with E-state index in [-0.39, 0.29) is 34.9 Å². The standard InChI is InChI=1S/C26H36N2O5/c1-15(2)32-24-14-20(16(3)11-23(24)28(30)31)19-12-21(17-7-8-17)27(22(13-19)18-9-10-18)25(29)33-26(4,5)6/h11-12,14-15,17-18,21-22H,7-10,13H2,1-6H3/t21-,22+/m1/s1. The van der Waals surface area contributed by atoms with Crippen LogP contribution in [0.15, 0.2) is 18.2 Å². The van der Waals surface area contributed by atoms with Crippen molar-refractivity contribution in [2.75, 3.05) is 0 Å². The van der Waals surface area contributed by atoms with E-state index in [4.69, 9.17) is 9.47 Å². The van der Waals surface area contributed by atoms with Crippen molar-refractivity contribution >= 4 is 17.4 Å². The predicted molar refractivity (Wildman–Crippen MR) is 127 cm³/mol. The zero-order chi connectivity index (χ0) is 24.1. The number of hydrogen-bond acceptors (Lipinski definition) is 5. The van der Waals surface area contributed by atoms with Gasteiger partial charge in [-0.05, 0) is 108 Å². The molecule has 7 nitrogen and oxygen atoms in total. The lowest BCUT2D eigenvalue weighted by Crippen LogP contribution is -2.52. The van der Waals surface area contributed by atoms with Gasteiger partial charge in [0.05, 0.1) is 17.1 Å². The van der Waals surface area contributed by atoms with Crippen LogP contribution in [-0.4, -0.2) is 39.7 Å². The van der Waals surface area contributed by atoms with E-state index < -0.39 is 5.60 Å². The molecule has 0 bridgehead atoms. The molecule has 0 aromatic heterocycles. The first-order valence-electron chi connectivity index (χ1n) is 12.1. The van der Waals surface area contributed by atoms with E-state index in [2.05, 4.69) is 6.08 Å². The molecule has 1 aromatic carbocycles. The molecule has 0 saturated heterocycles. The molecule has 2 aliphatic carbocycles. The van der Waals surface area contributed by atoms with Crippen LogP contribution < -0.4 is 4.74 Å². The molecule has 7 heteroatoms. The van der Waals surface area contributed by atoms with E-state index in [1.807, 2.05) is 52.5 Å². The second-order valence-electron chi connectivity index (χ2n) is 11.1. The average molecular weight is 457 g/mol. The van der Waals surface area contributed by atoms with Crippen LogP contribution in [0, 0.1) is 28.9 Å². The summed E-state index contributed by atoms with van der Waals surface area (Å²) in [6, 6.07) is 3.54. The van der Waals surface area contributed by atoms with Gasteiger partial charge in [0, 0.05) is 12.1 Å². The molecule has 2 atom stereocenters. The van der Waals surface area contributed by atoms with Crippen molar-refractivity contribution < 1.29 is 19.2 Å². The molecule has 1 aromatic rings. The SMILES string of the molecule is Cc1cc([N+](=O)[O-])c(OC(C)C)cc1C1=C[C@H](C2CC2)N(C(=O)OC(C)(C)C)[C@H](C2CC2)C1. The molecule has 4 rings (SSSR count). The van der Waals surface area contributed by atoms with Gasteiger partial charge in [-0.3, -0.25) is 15.0 Å². The fraction of sp³-hybridized carbons (Fsp3) is 0.654. The van der Waals surface area contributed by atoms with Gasteiger partial charge in [0.2, 0.25) is 0 Å². The Hall–Kier alpha value is -2.57. The van der Waals surface area contributed by atoms with E-state index >= 15 is 0 Å². The van der Waals surface area contributed by atoms with Crippen LogP contribution in [0.1, 0.15) is 77.8 Å². The minimum atomic E-state index is -0.540. The van der Waals surface area contributed by atoms with E-state index in [1.165, 1.54) is 0 Å². The van der Waals surface area contributed by atoms with Crippen LogP contribution in [0.2, 0.25) is 0 Å². The van der Waals surface area contributed by atoms with E-state index in [0.717, 1.165) is 48.8 Å². The van der Waals surface area contributed by atoms with Crippen LogP contribution in [0.4, 0.5) is 10.5 Å². The molecule has 0 spiro atoms. The van der Waals surface area contributed by atoms with Crippen molar-refractivity contribution in [1.82, 2.24) is 4.90 Å². The summed E-state index contributed by atoms with van der Waals surface area (Å²) in [6.07, 6.45) is 7.00. The van der Waals surface area contributed by atoms with Gasteiger partial charge in [0.1, 0.15) is 5.60 Å². The quantitative estimate of drug-likeness (QED) is 0.372. The summed E-state index contributed by atoms with van der Waals surface area (Å²) in [4.78, 5) is 26.5. The summed E-state index contributed by atoms with van der Waals surface area (Å²) in [5.74, 6) is 1.23. The van der Waals surface area contributed by atoms with Gasteiger partial charge >= 0.3 is 11.8 Å². The molecular formula is C26H36N2O5. The van der Waals surface area contributed by atoms with Crippen molar-refractivity contribution in [3.05, 3.63) is 39.4 Å². The van der Waals surface area contributed by atoms with Gasteiger partial charge in [-0.15, -0.1) is 0 Å². The number of nitro groups is 1. The topological polar surface area (TPSA) is 81.9 Å². The maximum Gasteiger partial charge on any atom is 0.411 e. The fourth-order valence-electron chi connectivity index (χ4n) is 4.86. The number of amides is 1. The maximum absolute atomic E-state index is 13.3. The van der Waals surface area contributed by atoms with E-state index in [9.17, 15) is 14.9 Å². The Balaban J connectivity index is 1.75. The summed E-state index contributed by atoms with van der Waals surface area (Å²) in [5.41, 5.74) is 2.45. The first kappa shape index (κ1) is 23.6. The third kappa shape index (κ3) is 5.33. The number of carbonyl (C=O) groups is 1. The van der Waals surface area contributed by atoms with Crippen LogP contribution in [0.5, 0.6) is 5.75 Å². The smallest absolute Gasteiger partial charge is 0.411 e. The van der Waals surface area contributed by atoms with Gasteiger partial charge < -0.3 is 9.47 Å². The average Bonchev–Trinajstić information content (AvgIpc) is 3.59. The van der Waals surface area contributed by atoms with Crippen molar-refractivity contribution in [3.8, 4) is 5.75 Å². The zero-order valence-corrected chi connectivity index (χ0v) is 20.6. The largest absolute Gasteiger partial charge is 0.484 e. The molecule has 0 unspecified atom stereocenters. The molecule has 0 N–H and O–H groups in total. The minimum absolute atomic E-state index is 0.00161. The zero-order valence-electron chi connectivity index (χ0n) is 20.6. The summed E-state index contributed by atoms with van der Waals surface area (Å²) in [5, 5.41) is 11.6. The molecule has 0 radical (unpaired) electrons. The van der Waals surface area contributed by atoms with Crippen LogP contribution in [0.3, 0.4) is 0 Å². The number of rotatable bonds is 6. The van der Waals surface area contributed by atoms with Crippen LogP contribution in [0.25, 0.3) is 5.57 Å². The summed E-state index contributed by atoms with van der Waals surface area (Å²) < 4.78 is 11.7. The normalized spacial score (nSPS) is 23.4. The number of nitrogens with zero attached hydrogens (tertiary/aromatic N) is 2. The summed E-state index contributed by atoms with van der Waals surface area (Å²) in [7, 11) is 0. The number of benzene rings is 1. The van der Waals surface area contributed by atoms with Crippen molar-refractivity contribution in [2.24, 2.45) is 11.8 Å². The highest BCUT2D eigenvalue weighted by Crippen LogP contribution is 2.49. The highest BCUT2D eigenvalue weighted by atomic mass is 16.6. The lowest BCUT2D eigenvalue weighted by atomic mass is 9.85. The van der Waals surface area contributed by atoms with Crippen molar-refractivity contribution in [1.29, 1.82) is 0 Å². The molecule has 180 valence electrons. The number of hydrogen-bond donors (Lipinski definition) is 0. The van der Waals surface area contributed by atoms with Crippen molar-refractivity contribution in [3.63, 3.8) is 0 Å². The Bertz CT molecular complexity index is 970. The first-order chi connectivity index (χ1) is 15.4. The summed E-state index contributed by atoms with van der Waals surface area (Å²) >= 11 is 0. The third-order valence-corrected chi connectivity index (χ3v) is 6.57. The van der Waals surface area contributed by atoms with Crippen molar-refractivity contribution in [2.45, 2.75) is 97.4 Å². The molecule has 3 aliphatic rings. The van der Waals surface area contributed by atoms with E-state index in [1.54, 1.807) is 6.07 Å². The maximum atomic E-state index is 13.3. The molecule has 33 heavy (non-hydrogen) atoms. The van der Waals surface area contributed by atoms with Gasteiger partial charge in [-0.1, -0.05) is 6.08 Å². The second kappa shape index (κ2) is 8.65. The second-order valence-corrected chi connectivity index (χ2v) is 11.1.